The molecule has 29 heavy (non-hydrogen) atoms. The molecule has 150 valence electrons. The Morgan fingerprint density at radius 2 is 1.69 bits per heavy atom. The number of aliphatic hydroxyl groups is 1. The largest absolute Gasteiger partial charge is 0.394 e. The van der Waals surface area contributed by atoms with Crippen molar-refractivity contribution >= 4 is 22.6 Å². The summed E-state index contributed by atoms with van der Waals surface area (Å²) in [5.74, 6) is -0.579. The summed E-state index contributed by atoms with van der Waals surface area (Å²) < 4.78 is 0. The van der Waals surface area contributed by atoms with Crippen LogP contribution in [-0.4, -0.2) is 40.3 Å². The summed E-state index contributed by atoms with van der Waals surface area (Å²) in [5, 5.41) is 22.4. The molecule has 0 aliphatic carbocycles. The molecule has 3 aromatic rings. The molecule has 8 nitrogen and oxygen atoms in total. The van der Waals surface area contributed by atoms with Crippen molar-refractivity contribution in [3.63, 3.8) is 0 Å². The minimum atomic E-state index is -0.490. The number of benzene rings is 2. The summed E-state index contributed by atoms with van der Waals surface area (Å²) in [5.41, 5.74) is 0.966. The van der Waals surface area contributed by atoms with Gasteiger partial charge in [-0.15, -0.1) is 0 Å². The second kappa shape index (κ2) is 9.61. The quantitative estimate of drug-likeness (QED) is 0.450. The van der Waals surface area contributed by atoms with Crippen LogP contribution >= 0.6 is 0 Å². The summed E-state index contributed by atoms with van der Waals surface area (Å²) in [6, 6.07) is 15.6. The zero-order valence-corrected chi connectivity index (χ0v) is 15.7. The normalized spacial score (nSPS) is 11.8. The van der Waals surface area contributed by atoms with Gasteiger partial charge >= 0.3 is 0 Å². The molecule has 0 bridgehead atoms. The lowest BCUT2D eigenvalue weighted by molar-refractivity contribution is -0.122. The Kier molecular flexibility index (Phi) is 6.70. The second-order valence-electron chi connectivity index (χ2n) is 6.54. The van der Waals surface area contributed by atoms with Crippen molar-refractivity contribution in [2.24, 2.45) is 0 Å². The fraction of sp³-hybridized carbons (Fsp3) is 0.238. The second-order valence-corrected chi connectivity index (χ2v) is 6.54. The Morgan fingerprint density at radius 1 is 1.00 bits per heavy atom. The highest BCUT2D eigenvalue weighted by Gasteiger charge is 2.14. The van der Waals surface area contributed by atoms with Crippen LogP contribution in [0.15, 0.2) is 59.4 Å². The van der Waals surface area contributed by atoms with Gasteiger partial charge in [0.05, 0.1) is 30.1 Å². The molecule has 2 aromatic carbocycles. The highest BCUT2D eigenvalue weighted by molar-refractivity contribution is 5.88. The molecule has 0 unspecified atom stereocenters. The fourth-order valence-electron chi connectivity index (χ4n) is 3.02. The summed E-state index contributed by atoms with van der Waals surface area (Å²) in [7, 11) is 0. The first-order chi connectivity index (χ1) is 14.1. The summed E-state index contributed by atoms with van der Waals surface area (Å²) in [4.78, 5) is 36.1. The van der Waals surface area contributed by atoms with Crippen LogP contribution in [-0.2, 0) is 16.0 Å². The third kappa shape index (κ3) is 5.26. The van der Waals surface area contributed by atoms with E-state index < -0.39 is 6.04 Å². The van der Waals surface area contributed by atoms with Crippen LogP contribution in [0.5, 0.6) is 0 Å². The minimum Gasteiger partial charge on any atom is -0.394 e. The summed E-state index contributed by atoms with van der Waals surface area (Å²) >= 11 is 0. The zero-order valence-electron chi connectivity index (χ0n) is 15.7. The van der Waals surface area contributed by atoms with Gasteiger partial charge in [0.25, 0.3) is 5.56 Å². The standard InChI is InChI=1S/C21H22N4O4/c26-13-18(14-6-2-1-3-7-14)23-19(27)10-11-22-20(28)12-17-15-8-4-5-9-16(15)21(29)25-24-17/h1-9,18,26H,10-13H2,(H,22,28)(H,23,27)(H,25,29)/t18-/m0/s1. The molecule has 0 saturated heterocycles. The number of hydrogen-bond donors (Lipinski definition) is 4. The number of fused-ring (bicyclic) bond motifs is 1. The first-order valence-corrected chi connectivity index (χ1v) is 9.26. The smallest absolute Gasteiger partial charge is 0.272 e. The van der Waals surface area contributed by atoms with E-state index in [0.29, 0.717) is 16.5 Å². The van der Waals surface area contributed by atoms with Gasteiger partial charge in [-0.25, -0.2) is 5.10 Å². The number of carbonyl (C=O) groups is 2. The predicted octanol–water partition coefficient (Wildman–Crippen LogP) is 0.822. The Morgan fingerprint density at radius 3 is 2.41 bits per heavy atom. The topological polar surface area (TPSA) is 124 Å². The monoisotopic (exact) mass is 394 g/mol. The third-order valence-electron chi connectivity index (χ3n) is 4.50. The van der Waals surface area contributed by atoms with Gasteiger partial charge in [0.2, 0.25) is 11.8 Å². The predicted molar refractivity (Wildman–Crippen MR) is 108 cm³/mol. The molecular formula is C21H22N4O4. The van der Waals surface area contributed by atoms with E-state index in [2.05, 4.69) is 20.8 Å². The summed E-state index contributed by atoms with van der Waals surface area (Å²) in [6.07, 6.45) is 0.0665. The van der Waals surface area contributed by atoms with Gasteiger partial charge in [-0.1, -0.05) is 48.5 Å². The number of H-pyrrole nitrogens is 1. The van der Waals surface area contributed by atoms with Crippen molar-refractivity contribution < 1.29 is 14.7 Å². The average molecular weight is 394 g/mol. The lowest BCUT2D eigenvalue weighted by Gasteiger charge is -2.16. The first-order valence-electron chi connectivity index (χ1n) is 9.26. The van der Waals surface area contributed by atoms with Gasteiger partial charge in [-0.3, -0.25) is 14.4 Å². The van der Waals surface area contributed by atoms with Crippen molar-refractivity contribution in [1.82, 2.24) is 20.8 Å². The number of rotatable bonds is 8. The van der Waals surface area contributed by atoms with E-state index >= 15 is 0 Å². The molecular weight excluding hydrogens is 372 g/mol. The summed E-state index contributed by atoms with van der Waals surface area (Å²) in [6.45, 7) is -0.0635. The number of amides is 2. The van der Waals surface area contributed by atoms with Crippen molar-refractivity contribution in [3.8, 4) is 0 Å². The van der Waals surface area contributed by atoms with Crippen LogP contribution in [0.4, 0.5) is 0 Å². The molecule has 1 heterocycles. The van der Waals surface area contributed by atoms with E-state index in [9.17, 15) is 19.5 Å². The molecule has 4 N–H and O–H groups in total. The van der Waals surface area contributed by atoms with E-state index in [1.54, 1.807) is 24.3 Å². The van der Waals surface area contributed by atoms with Crippen molar-refractivity contribution in [1.29, 1.82) is 0 Å². The van der Waals surface area contributed by atoms with Crippen molar-refractivity contribution in [3.05, 3.63) is 76.2 Å². The van der Waals surface area contributed by atoms with Gasteiger partial charge in [0, 0.05) is 18.4 Å². The van der Waals surface area contributed by atoms with Gasteiger partial charge in [0.15, 0.2) is 0 Å². The molecule has 3 rings (SSSR count). The molecule has 1 atom stereocenters. The maximum absolute atomic E-state index is 12.2. The molecule has 0 spiro atoms. The highest BCUT2D eigenvalue weighted by Crippen LogP contribution is 2.13. The first kappa shape index (κ1) is 20.2. The molecule has 0 aliphatic rings. The van der Waals surface area contributed by atoms with Crippen molar-refractivity contribution in [2.75, 3.05) is 13.2 Å². The minimum absolute atomic E-state index is 0.0117. The third-order valence-corrected chi connectivity index (χ3v) is 4.50. The molecule has 0 saturated carbocycles. The fourth-order valence-corrected chi connectivity index (χ4v) is 3.02. The molecule has 1 aromatic heterocycles. The lowest BCUT2D eigenvalue weighted by atomic mass is 10.1. The van der Waals surface area contributed by atoms with Crippen LogP contribution in [0.2, 0.25) is 0 Å². The van der Waals surface area contributed by atoms with Crippen LogP contribution in [0, 0.1) is 0 Å². The van der Waals surface area contributed by atoms with Gasteiger partial charge in [-0.05, 0) is 11.6 Å². The molecule has 0 fully saturated rings. The van der Waals surface area contributed by atoms with Crippen LogP contribution < -0.4 is 16.2 Å². The van der Waals surface area contributed by atoms with Crippen LogP contribution in [0.25, 0.3) is 10.8 Å². The SMILES string of the molecule is O=C(Cc1n[nH]c(=O)c2ccccc12)NCCC(=O)N[C@@H](CO)c1ccccc1. The number of aromatic amines is 1. The Labute approximate surface area is 167 Å². The number of nitrogens with one attached hydrogen (secondary N) is 3. The highest BCUT2D eigenvalue weighted by atomic mass is 16.3. The number of nitrogens with zero attached hydrogens (tertiary/aromatic N) is 1. The van der Waals surface area contributed by atoms with Crippen LogP contribution in [0.1, 0.15) is 23.7 Å². The lowest BCUT2D eigenvalue weighted by Crippen LogP contribution is -2.34. The zero-order chi connectivity index (χ0) is 20.6. The Hall–Kier alpha value is -3.52. The van der Waals surface area contributed by atoms with Gasteiger partial charge in [-0.2, -0.15) is 5.10 Å². The van der Waals surface area contributed by atoms with E-state index in [4.69, 9.17) is 0 Å². The van der Waals surface area contributed by atoms with E-state index in [1.165, 1.54) is 0 Å². The number of hydrogen-bond acceptors (Lipinski definition) is 5. The van der Waals surface area contributed by atoms with E-state index in [1.807, 2.05) is 30.3 Å². The number of aromatic nitrogens is 2. The molecule has 2 amide bonds. The average Bonchev–Trinajstić information content (AvgIpc) is 2.75. The molecule has 0 aliphatic heterocycles. The molecule has 8 heteroatoms. The number of aliphatic hydroxyl groups excluding tert-OH is 1. The maximum Gasteiger partial charge on any atom is 0.272 e. The Balaban J connectivity index is 1.51. The van der Waals surface area contributed by atoms with Gasteiger partial charge in [0.1, 0.15) is 0 Å². The maximum atomic E-state index is 12.2. The van der Waals surface area contributed by atoms with E-state index in [0.717, 1.165) is 5.56 Å². The Bertz CT molecular complexity index is 1050. The van der Waals surface area contributed by atoms with Gasteiger partial charge < -0.3 is 15.7 Å². The van der Waals surface area contributed by atoms with Crippen LogP contribution in [0.3, 0.4) is 0 Å². The van der Waals surface area contributed by atoms with Crippen molar-refractivity contribution in [2.45, 2.75) is 18.9 Å². The molecule has 0 radical (unpaired) electrons. The number of carbonyl (C=O) groups excluding carboxylic acids is 2. The van der Waals surface area contributed by atoms with E-state index in [-0.39, 0.29) is 43.4 Å².